The fraction of sp³-hybridized carbons (Fsp3) is 0. The van der Waals surface area contributed by atoms with Crippen molar-refractivity contribution >= 4 is 32.6 Å². The van der Waals surface area contributed by atoms with Crippen molar-refractivity contribution in [1.82, 2.24) is 9.97 Å². The largest absolute Gasteiger partial charge is 0.252 e. The van der Waals surface area contributed by atoms with E-state index in [4.69, 9.17) is 4.98 Å². The Hall–Kier alpha value is -3.40. The van der Waals surface area contributed by atoms with Crippen molar-refractivity contribution in [2.24, 2.45) is 0 Å². The summed E-state index contributed by atoms with van der Waals surface area (Å²) in [7, 11) is 0. The minimum absolute atomic E-state index is 0.370. The van der Waals surface area contributed by atoms with Crippen LogP contribution in [0.5, 0.6) is 0 Å². The van der Waals surface area contributed by atoms with Gasteiger partial charge in [0.25, 0.3) is 0 Å². The van der Waals surface area contributed by atoms with Crippen molar-refractivity contribution in [3.8, 4) is 11.3 Å². The van der Waals surface area contributed by atoms with Crippen LogP contribution < -0.4 is 0 Å². The number of benzene rings is 4. The lowest BCUT2D eigenvalue weighted by molar-refractivity contribution is 0.584. The highest BCUT2D eigenvalue weighted by Crippen LogP contribution is 2.34. The van der Waals surface area contributed by atoms with Crippen LogP contribution in [0.3, 0.4) is 0 Å². The lowest BCUT2D eigenvalue weighted by Crippen LogP contribution is -1.93. The Kier molecular flexibility index (Phi) is 3.19. The van der Waals surface area contributed by atoms with Gasteiger partial charge in [0.15, 0.2) is 0 Å². The van der Waals surface area contributed by atoms with Gasteiger partial charge >= 0.3 is 0 Å². The van der Waals surface area contributed by atoms with Crippen LogP contribution in [0.1, 0.15) is 0 Å². The molecule has 124 valence electrons. The second-order valence-electron chi connectivity index (χ2n) is 6.20. The summed E-state index contributed by atoms with van der Waals surface area (Å²) in [5.74, 6) is -1.27. The maximum atomic E-state index is 13.6. The number of hydrogen-bond acceptors (Lipinski definition) is 2. The topological polar surface area (TPSA) is 25.8 Å². The third-order valence-corrected chi connectivity index (χ3v) is 4.59. The molecule has 1 heterocycles. The standard InChI is InChI=1S/C22H12F2N2/c23-14-9-13(10-15(24)11-14)20-12-25-21-18-7-3-1-5-16(18)17-6-2-4-8-19(17)22(21)26-20/h1-12H. The molecule has 4 heteroatoms. The first-order valence-electron chi connectivity index (χ1n) is 8.23. The van der Waals surface area contributed by atoms with Gasteiger partial charge in [0.2, 0.25) is 0 Å². The summed E-state index contributed by atoms with van der Waals surface area (Å²) in [6.45, 7) is 0. The fourth-order valence-electron chi connectivity index (χ4n) is 3.46. The fourth-order valence-corrected chi connectivity index (χ4v) is 3.46. The molecule has 0 aliphatic rings. The second-order valence-corrected chi connectivity index (χ2v) is 6.20. The van der Waals surface area contributed by atoms with Crippen LogP contribution in [0.4, 0.5) is 8.78 Å². The molecule has 0 fully saturated rings. The maximum Gasteiger partial charge on any atom is 0.126 e. The molecule has 0 aliphatic carbocycles. The molecule has 0 unspecified atom stereocenters. The van der Waals surface area contributed by atoms with E-state index >= 15 is 0 Å². The predicted octanol–water partition coefficient (Wildman–Crippen LogP) is 5.88. The zero-order valence-corrected chi connectivity index (χ0v) is 13.6. The van der Waals surface area contributed by atoms with E-state index in [2.05, 4.69) is 11.1 Å². The summed E-state index contributed by atoms with van der Waals surface area (Å²) >= 11 is 0. The van der Waals surface area contributed by atoms with Gasteiger partial charge in [-0.3, -0.25) is 4.98 Å². The Bertz CT molecular complexity index is 1260. The normalized spacial score (nSPS) is 11.5. The second kappa shape index (κ2) is 5.56. The summed E-state index contributed by atoms with van der Waals surface area (Å²) < 4.78 is 27.2. The Balaban J connectivity index is 1.92. The predicted molar refractivity (Wildman–Crippen MR) is 99.9 cm³/mol. The highest BCUT2D eigenvalue weighted by atomic mass is 19.1. The first kappa shape index (κ1) is 14.9. The molecule has 5 aromatic rings. The molecule has 0 bridgehead atoms. The number of hydrogen-bond donors (Lipinski definition) is 0. The average Bonchev–Trinajstić information content (AvgIpc) is 2.67. The van der Waals surface area contributed by atoms with E-state index < -0.39 is 11.6 Å². The third kappa shape index (κ3) is 2.23. The number of rotatable bonds is 1. The highest BCUT2D eigenvalue weighted by molar-refractivity contribution is 6.23. The van der Waals surface area contributed by atoms with Gasteiger partial charge < -0.3 is 0 Å². The van der Waals surface area contributed by atoms with E-state index in [1.165, 1.54) is 12.1 Å². The van der Waals surface area contributed by atoms with Gasteiger partial charge in [-0.2, -0.15) is 0 Å². The molecule has 5 rings (SSSR count). The molecule has 0 N–H and O–H groups in total. The molecule has 4 aromatic carbocycles. The molecule has 1 aromatic heterocycles. The van der Waals surface area contributed by atoms with E-state index in [9.17, 15) is 8.78 Å². The molecule has 0 spiro atoms. The van der Waals surface area contributed by atoms with Crippen LogP contribution in [0.2, 0.25) is 0 Å². The number of fused-ring (bicyclic) bond motifs is 6. The van der Waals surface area contributed by atoms with Gasteiger partial charge in [0, 0.05) is 22.4 Å². The van der Waals surface area contributed by atoms with Crippen LogP contribution in [0, 0.1) is 11.6 Å². The van der Waals surface area contributed by atoms with Gasteiger partial charge in [0.1, 0.15) is 11.6 Å². The smallest absolute Gasteiger partial charge is 0.126 e. The van der Waals surface area contributed by atoms with E-state index in [-0.39, 0.29) is 0 Å². The summed E-state index contributed by atoms with van der Waals surface area (Å²) in [5.41, 5.74) is 2.31. The van der Waals surface area contributed by atoms with Gasteiger partial charge in [-0.15, -0.1) is 0 Å². The highest BCUT2D eigenvalue weighted by Gasteiger charge is 2.12. The molecular formula is C22H12F2N2. The number of aromatic nitrogens is 2. The van der Waals surface area contributed by atoms with E-state index in [0.717, 1.165) is 38.6 Å². The van der Waals surface area contributed by atoms with Crippen molar-refractivity contribution in [1.29, 1.82) is 0 Å². The first-order valence-corrected chi connectivity index (χ1v) is 8.23. The van der Waals surface area contributed by atoms with Crippen molar-refractivity contribution < 1.29 is 8.78 Å². The van der Waals surface area contributed by atoms with E-state index in [1.807, 2.05) is 42.5 Å². The lowest BCUT2D eigenvalue weighted by atomic mass is 9.99. The molecule has 0 atom stereocenters. The van der Waals surface area contributed by atoms with Gasteiger partial charge in [-0.25, -0.2) is 13.8 Å². The Morgan fingerprint density at radius 1 is 0.615 bits per heavy atom. The minimum Gasteiger partial charge on any atom is -0.252 e. The van der Waals surface area contributed by atoms with Crippen LogP contribution >= 0.6 is 0 Å². The zero-order chi connectivity index (χ0) is 17.7. The molecule has 0 aliphatic heterocycles. The van der Waals surface area contributed by atoms with E-state index in [0.29, 0.717) is 11.3 Å². The Labute approximate surface area is 147 Å². The van der Waals surface area contributed by atoms with Crippen molar-refractivity contribution in [2.75, 3.05) is 0 Å². The average molecular weight is 342 g/mol. The molecular weight excluding hydrogens is 330 g/mol. The van der Waals surface area contributed by atoms with Crippen LogP contribution in [0.15, 0.2) is 72.9 Å². The van der Waals surface area contributed by atoms with Crippen molar-refractivity contribution in [2.45, 2.75) is 0 Å². The van der Waals surface area contributed by atoms with Crippen LogP contribution in [0.25, 0.3) is 43.8 Å². The minimum atomic E-state index is -0.634. The summed E-state index contributed by atoms with van der Waals surface area (Å²) in [6, 6.07) is 19.4. The maximum absolute atomic E-state index is 13.6. The van der Waals surface area contributed by atoms with Gasteiger partial charge in [-0.1, -0.05) is 48.5 Å². The SMILES string of the molecule is Fc1cc(F)cc(-c2cnc3c4ccccc4c4ccccc4c3n2)c1. The third-order valence-electron chi connectivity index (χ3n) is 4.59. The van der Waals surface area contributed by atoms with Crippen molar-refractivity contribution in [3.05, 3.63) is 84.6 Å². The first-order chi connectivity index (χ1) is 12.7. The monoisotopic (exact) mass is 342 g/mol. The van der Waals surface area contributed by atoms with Gasteiger partial charge in [-0.05, 0) is 22.9 Å². The van der Waals surface area contributed by atoms with Gasteiger partial charge in [0.05, 0.1) is 22.9 Å². The Morgan fingerprint density at radius 2 is 1.15 bits per heavy atom. The zero-order valence-electron chi connectivity index (χ0n) is 13.6. The van der Waals surface area contributed by atoms with Crippen molar-refractivity contribution in [3.63, 3.8) is 0 Å². The summed E-state index contributed by atoms with van der Waals surface area (Å²) in [6.07, 6.45) is 1.57. The molecule has 0 amide bonds. The van der Waals surface area contributed by atoms with Crippen LogP contribution in [-0.4, -0.2) is 9.97 Å². The molecule has 0 radical (unpaired) electrons. The summed E-state index contributed by atoms with van der Waals surface area (Å²) in [5, 5.41) is 4.15. The molecule has 0 saturated carbocycles. The number of halogens is 2. The molecule has 2 nitrogen and oxygen atoms in total. The lowest BCUT2D eigenvalue weighted by Gasteiger charge is -2.10. The van der Waals surface area contributed by atoms with Crippen LogP contribution in [-0.2, 0) is 0 Å². The Morgan fingerprint density at radius 3 is 1.77 bits per heavy atom. The molecule has 26 heavy (non-hydrogen) atoms. The molecule has 0 saturated heterocycles. The summed E-state index contributed by atoms with van der Waals surface area (Å²) in [4.78, 5) is 9.30. The van der Waals surface area contributed by atoms with E-state index in [1.54, 1.807) is 6.20 Å². The number of nitrogens with zero attached hydrogens (tertiary/aromatic N) is 2. The quantitative estimate of drug-likeness (QED) is 0.355.